The Hall–Kier alpha value is -1.22. The first-order valence-electron chi connectivity index (χ1n) is 6.93. The number of alkyl halides is 1. The van der Waals surface area contributed by atoms with E-state index in [-0.39, 0.29) is 0 Å². The number of hydrogen-bond acceptors (Lipinski definition) is 2. The zero-order chi connectivity index (χ0) is 13.4. The maximum absolute atomic E-state index is 6.07. The Bertz CT molecular complexity index is 587. The number of rotatable bonds is 4. The molecule has 2 aromatic rings. The van der Waals surface area contributed by atoms with Crippen LogP contribution in [0.3, 0.4) is 0 Å². The normalized spacial score (nSPS) is 22.5. The van der Waals surface area contributed by atoms with Crippen LogP contribution in [0.2, 0.25) is 0 Å². The van der Waals surface area contributed by atoms with Crippen molar-refractivity contribution in [3.05, 3.63) is 24.0 Å². The summed E-state index contributed by atoms with van der Waals surface area (Å²) in [5, 5.41) is 0. The van der Waals surface area contributed by atoms with Crippen molar-refractivity contribution in [1.29, 1.82) is 0 Å². The SMILES string of the molecule is CCOc1cccc2c1nc(CCl)n2C1CC(C)C1. The standard InChI is InChI=1S/C15H19ClN2O/c1-3-19-13-6-4-5-12-15(13)17-14(9-16)18(12)11-7-10(2)8-11/h4-6,10-11H,3,7-9H2,1-2H3. The van der Waals surface area contributed by atoms with Gasteiger partial charge in [0, 0.05) is 6.04 Å². The van der Waals surface area contributed by atoms with Crippen molar-refractivity contribution in [2.45, 2.75) is 38.6 Å². The van der Waals surface area contributed by atoms with Gasteiger partial charge in [-0.3, -0.25) is 0 Å². The van der Waals surface area contributed by atoms with E-state index in [9.17, 15) is 0 Å². The van der Waals surface area contributed by atoms with E-state index in [0.717, 1.165) is 28.5 Å². The van der Waals surface area contributed by atoms with Crippen LogP contribution in [0.25, 0.3) is 11.0 Å². The predicted molar refractivity (Wildman–Crippen MR) is 77.9 cm³/mol. The van der Waals surface area contributed by atoms with Crippen molar-refractivity contribution in [2.24, 2.45) is 5.92 Å². The fourth-order valence-corrected chi connectivity index (χ4v) is 3.17. The second kappa shape index (κ2) is 5.04. The molecule has 0 atom stereocenters. The van der Waals surface area contributed by atoms with Crippen LogP contribution >= 0.6 is 11.6 Å². The lowest BCUT2D eigenvalue weighted by molar-refractivity contribution is 0.217. The summed E-state index contributed by atoms with van der Waals surface area (Å²) in [5.74, 6) is 3.07. The Labute approximate surface area is 118 Å². The number of aromatic nitrogens is 2. The minimum absolute atomic E-state index is 0.450. The van der Waals surface area contributed by atoms with Gasteiger partial charge < -0.3 is 9.30 Å². The Morgan fingerprint density at radius 1 is 1.42 bits per heavy atom. The van der Waals surface area contributed by atoms with Crippen molar-refractivity contribution in [1.82, 2.24) is 9.55 Å². The van der Waals surface area contributed by atoms with E-state index >= 15 is 0 Å². The smallest absolute Gasteiger partial charge is 0.147 e. The van der Waals surface area contributed by atoms with Gasteiger partial charge in [-0.2, -0.15) is 0 Å². The van der Waals surface area contributed by atoms with Gasteiger partial charge in [0.05, 0.1) is 18.0 Å². The Morgan fingerprint density at radius 3 is 2.84 bits per heavy atom. The van der Waals surface area contributed by atoms with Crippen LogP contribution in [0.4, 0.5) is 0 Å². The molecule has 102 valence electrons. The quantitative estimate of drug-likeness (QED) is 0.786. The van der Waals surface area contributed by atoms with Gasteiger partial charge in [-0.05, 0) is 37.8 Å². The van der Waals surface area contributed by atoms with Crippen molar-refractivity contribution in [3.8, 4) is 5.75 Å². The maximum Gasteiger partial charge on any atom is 0.147 e. The fourth-order valence-electron chi connectivity index (χ4n) is 2.98. The van der Waals surface area contributed by atoms with Crippen LogP contribution in [0.15, 0.2) is 18.2 Å². The van der Waals surface area contributed by atoms with E-state index in [1.54, 1.807) is 0 Å². The summed E-state index contributed by atoms with van der Waals surface area (Å²) >= 11 is 6.07. The number of nitrogens with zero attached hydrogens (tertiary/aromatic N) is 2. The number of hydrogen-bond donors (Lipinski definition) is 0. The molecule has 0 unspecified atom stereocenters. The first-order chi connectivity index (χ1) is 9.24. The molecule has 0 radical (unpaired) electrons. The van der Waals surface area contributed by atoms with E-state index < -0.39 is 0 Å². The van der Waals surface area contributed by atoms with Crippen molar-refractivity contribution in [2.75, 3.05) is 6.61 Å². The van der Waals surface area contributed by atoms with Gasteiger partial charge in [0.2, 0.25) is 0 Å². The highest BCUT2D eigenvalue weighted by Gasteiger charge is 2.30. The zero-order valence-corrected chi connectivity index (χ0v) is 12.2. The molecule has 3 rings (SSSR count). The molecule has 0 N–H and O–H groups in total. The van der Waals surface area contributed by atoms with E-state index in [1.165, 1.54) is 12.8 Å². The Balaban J connectivity index is 2.11. The Morgan fingerprint density at radius 2 is 2.21 bits per heavy atom. The monoisotopic (exact) mass is 278 g/mol. The van der Waals surface area contributed by atoms with Gasteiger partial charge in [0.15, 0.2) is 0 Å². The third-order valence-electron chi connectivity index (χ3n) is 3.89. The number of fused-ring (bicyclic) bond motifs is 1. The highest BCUT2D eigenvalue weighted by atomic mass is 35.5. The van der Waals surface area contributed by atoms with Crippen LogP contribution in [0, 0.1) is 5.92 Å². The third-order valence-corrected chi connectivity index (χ3v) is 4.13. The van der Waals surface area contributed by atoms with Crippen molar-refractivity contribution >= 4 is 22.6 Å². The summed E-state index contributed by atoms with van der Waals surface area (Å²) < 4.78 is 7.98. The molecular formula is C15H19ClN2O. The average Bonchev–Trinajstić information content (AvgIpc) is 2.75. The number of halogens is 1. The van der Waals surface area contributed by atoms with Crippen molar-refractivity contribution in [3.63, 3.8) is 0 Å². The van der Waals surface area contributed by atoms with E-state index in [0.29, 0.717) is 18.5 Å². The molecule has 1 aliphatic rings. The highest BCUT2D eigenvalue weighted by molar-refractivity contribution is 6.16. The number of imidazole rings is 1. The molecule has 1 saturated carbocycles. The first kappa shape index (κ1) is 12.8. The minimum Gasteiger partial charge on any atom is -0.492 e. The van der Waals surface area contributed by atoms with Gasteiger partial charge in [0.25, 0.3) is 0 Å². The van der Waals surface area contributed by atoms with Crippen LogP contribution in [0.1, 0.15) is 38.6 Å². The molecule has 1 fully saturated rings. The highest BCUT2D eigenvalue weighted by Crippen LogP contribution is 2.41. The lowest BCUT2D eigenvalue weighted by atomic mass is 9.81. The number of para-hydroxylation sites is 1. The lowest BCUT2D eigenvalue weighted by Crippen LogP contribution is -2.25. The molecule has 0 saturated heterocycles. The topological polar surface area (TPSA) is 27.1 Å². The summed E-state index contributed by atoms with van der Waals surface area (Å²) in [5.41, 5.74) is 2.10. The minimum atomic E-state index is 0.450. The van der Waals surface area contributed by atoms with Gasteiger partial charge in [-0.1, -0.05) is 13.0 Å². The molecule has 0 spiro atoms. The van der Waals surface area contributed by atoms with Crippen LogP contribution in [-0.4, -0.2) is 16.2 Å². The molecule has 0 bridgehead atoms. The fraction of sp³-hybridized carbons (Fsp3) is 0.533. The zero-order valence-electron chi connectivity index (χ0n) is 11.4. The molecular weight excluding hydrogens is 260 g/mol. The van der Waals surface area contributed by atoms with Crippen molar-refractivity contribution < 1.29 is 4.74 Å². The summed E-state index contributed by atoms with van der Waals surface area (Å²) in [7, 11) is 0. The Kier molecular flexibility index (Phi) is 3.40. The predicted octanol–water partition coefficient (Wildman–Crippen LogP) is 4.14. The number of benzene rings is 1. The molecule has 1 aromatic carbocycles. The molecule has 3 nitrogen and oxygen atoms in total. The maximum atomic E-state index is 6.07. The lowest BCUT2D eigenvalue weighted by Gasteiger charge is -2.35. The average molecular weight is 279 g/mol. The van der Waals surface area contributed by atoms with Crippen LogP contribution in [0.5, 0.6) is 5.75 Å². The van der Waals surface area contributed by atoms with Gasteiger partial charge in [-0.15, -0.1) is 11.6 Å². The van der Waals surface area contributed by atoms with Gasteiger partial charge >= 0.3 is 0 Å². The molecule has 4 heteroatoms. The molecule has 0 amide bonds. The largest absolute Gasteiger partial charge is 0.492 e. The van der Waals surface area contributed by atoms with E-state index in [1.807, 2.05) is 19.1 Å². The van der Waals surface area contributed by atoms with Gasteiger partial charge in [-0.25, -0.2) is 4.98 Å². The summed E-state index contributed by atoms with van der Waals surface area (Å²) in [6.07, 6.45) is 2.43. The molecule has 1 heterocycles. The van der Waals surface area contributed by atoms with Crippen LogP contribution in [-0.2, 0) is 5.88 Å². The number of ether oxygens (including phenoxy) is 1. The third kappa shape index (κ3) is 2.10. The summed E-state index contributed by atoms with van der Waals surface area (Å²) in [6.45, 7) is 4.94. The molecule has 0 aliphatic heterocycles. The molecule has 19 heavy (non-hydrogen) atoms. The van der Waals surface area contributed by atoms with E-state index in [2.05, 4.69) is 22.5 Å². The molecule has 1 aliphatic carbocycles. The second-order valence-corrected chi connectivity index (χ2v) is 5.59. The summed E-state index contributed by atoms with van der Waals surface area (Å²) in [4.78, 5) is 4.68. The van der Waals surface area contributed by atoms with E-state index in [4.69, 9.17) is 16.3 Å². The first-order valence-corrected chi connectivity index (χ1v) is 7.46. The summed E-state index contributed by atoms with van der Waals surface area (Å²) in [6, 6.07) is 6.67. The van der Waals surface area contributed by atoms with Crippen LogP contribution < -0.4 is 4.74 Å². The second-order valence-electron chi connectivity index (χ2n) is 5.32. The van der Waals surface area contributed by atoms with Gasteiger partial charge in [0.1, 0.15) is 17.1 Å². The molecule has 1 aromatic heterocycles.